The summed E-state index contributed by atoms with van der Waals surface area (Å²) < 4.78 is 12.9. The molecule has 4 aromatic rings. The van der Waals surface area contributed by atoms with E-state index in [1.54, 1.807) is 25.1 Å². The number of aryl methyl sites for hydroxylation is 1. The highest BCUT2D eigenvalue weighted by Crippen LogP contribution is 2.34. The van der Waals surface area contributed by atoms with Crippen molar-refractivity contribution in [2.24, 2.45) is 7.05 Å². The van der Waals surface area contributed by atoms with Crippen molar-refractivity contribution in [2.45, 2.75) is 32.2 Å². The van der Waals surface area contributed by atoms with Gasteiger partial charge in [0, 0.05) is 67.5 Å². The fourth-order valence-electron chi connectivity index (χ4n) is 4.97. The minimum Gasteiger partial charge on any atom is -0.497 e. The number of hydrogen-bond acceptors (Lipinski definition) is 7. The van der Waals surface area contributed by atoms with E-state index >= 15 is 0 Å². The second-order valence-corrected chi connectivity index (χ2v) is 9.43. The molecule has 0 spiro atoms. The average Bonchev–Trinajstić information content (AvgIpc) is 3.53. The molecule has 0 aliphatic carbocycles. The van der Waals surface area contributed by atoms with Crippen LogP contribution in [0.1, 0.15) is 26.2 Å². The van der Waals surface area contributed by atoms with Crippen LogP contribution in [0.5, 0.6) is 11.5 Å². The first kappa shape index (κ1) is 24.1. The molecule has 1 aliphatic heterocycles. The van der Waals surface area contributed by atoms with E-state index in [1.165, 1.54) is 19.4 Å². The van der Waals surface area contributed by atoms with Crippen molar-refractivity contribution in [1.82, 2.24) is 24.6 Å². The van der Waals surface area contributed by atoms with Crippen molar-refractivity contribution in [3.63, 3.8) is 0 Å². The van der Waals surface area contributed by atoms with Gasteiger partial charge in [0.25, 0.3) is 0 Å². The molecule has 0 radical (unpaired) electrons. The molecule has 1 fully saturated rings. The molecule has 1 unspecified atom stereocenters. The van der Waals surface area contributed by atoms with Crippen LogP contribution in [0.2, 0.25) is 0 Å². The Balaban J connectivity index is 1.50. The van der Waals surface area contributed by atoms with Gasteiger partial charge in [0.2, 0.25) is 0 Å². The molecule has 2 aromatic heterocycles. The van der Waals surface area contributed by atoms with Crippen LogP contribution in [0, 0.1) is 0 Å². The highest BCUT2D eigenvalue weighted by Gasteiger charge is 2.20. The lowest BCUT2D eigenvalue weighted by molar-refractivity contribution is 0.267. The van der Waals surface area contributed by atoms with Gasteiger partial charge in [-0.25, -0.2) is 4.98 Å². The van der Waals surface area contributed by atoms with Gasteiger partial charge >= 0.3 is 0 Å². The molecule has 8 nitrogen and oxygen atoms in total. The van der Waals surface area contributed by atoms with Crippen molar-refractivity contribution in [3.05, 3.63) is 55.0 Å². The summed E-state index contributed by atoms with van der Waals surface area (Å²) in [5.74, 6) is 1.53. The summed E-state index contributed by atoms with van der Waals surface area (Å²) in [7, 11) is 5.27. The molecule has 1 atom stereocenters. The Morgan fingerprint density at radius 2 is 1.81 bits per heavy atom. The summed E-state index contributed by atoms with van der Waals surface area (Å²) in [6.07, 6.45) is 9.20. The zero-order valence-electron chi connectivity index (χ0n) is 21.5. The molecule has 1 aliphatic rings. The number of ether oxygens (including phenoxy) is 2. The molecule has 0 bridgehead atoms. The topological polar surface area (TPSA) is 68.5 Å². The predicted octanol–water partition coefficient (Wildman–Crippen LogP) is 5.06. The van der Waals surface area contributed by atoms with Gasteiger partial charge in [-0.2, -0.15) is 5.10 Å². The molecule has 2 aromatic carbocycles. The largest absolute Gasteiger partial charge is 0.497 e. The SMILES string of the molecule is COc1cc(OC)cc(N(CCCN2CCCC2C)c2ccc3ncc(-c4cnn(C)c4)nc3c2)c1. The third kappa shape index (κ3) is 5.14. The van der Waals surface area contributed by atoms with Crippen LogP contribution in [-0.4, -0.2) is 64.5 Å². The molecule has 5 rings (SSSR count). The van der Waals surface area contributed by atoms with E-state index < -0.39 is 0 Å². The Hall–Kier alpha value is -3.65. The van der Waals surface area contributed by atoms with E-state index in [4.69, 9.17) is 14.5 Å². The number of methoxy groups -OCH3 is 2. The second kappa shape index (κ2) is 10.5. The first-order chi connectivity index (χ1) is 17.5. The molecule has 0 N–H and O–H groups in total. The number of nitrogens with zero attached hydrogens (tertiary/aromatic N) is 6. The summed E-state index contributed by atoms with van der Waals surface area (Å²) in [5, 5.41) is 4.28. The monoisotopic (exact) mass is 486 g/mol. The summed E-state index contributed by atoms with van der Waals surface area (Å²) >= 11 is 0. The maximum absolute atomic E-state index is 5.58. The summed E-state index contributed by atoms with van der Waals surface area (Å²) in [6, 6.07) is 13.0. The Morgan fingerprint density at radius 3 is 2.47 bits per heavy atom. The molecular weight excluding hydrogens is 452 g/mol. The number of benzene rings is 2. The molecule has 8 heteroatoms. The van der Waals surface area contributed by atoms with Gasteiger partial charge in [0.15, 0.2) is 0 Å². The maximum atomic E-state index is 5.58. The average molecular weight is 487 g/mol. The van der Waals surface area contributed by atoms with E-state index in [2.05, 4.69) is 51.1 Å². The van der Waals surface area contributed by atoms with Crippen LogP contribution >= 0.6 is 0 Å². The Bertz CT molecular complexity index is 1310. The molecule has 0 saturated carbocycles. The van der Waals surface area contributed by atoms with Crippen LogP contribution in [0.4, 0.5) is 11.4 Å². The molecule has 188 valence electrons. The van der Waals surface area contributed by atoms with Crippen molar-refractivity contribution < 1.29 is 9.47 Å². The van der Waals surface area contributed by atoms with Crippen LogP contribution in [0.3, 0.4) is 0 Å². The van der Waals surface area contributed by atoms with Gasteiger partial charge in [0.05, 0.1) is 43.3 Å². The molecule has 36 heavy (non-hydrogen) atoms. The van der Waals surface area contributed by atoms with Crippen LogP contribution < -0.4 is 14.4 Å². The van der Waals surface area contributed by atoms with Crippen molar-refractivity contribution in [2.75, 3.05) is 38.8 Å². The Morgan fingerprint density at radius 1 is 1.00 bits per heavy atom. The molecule has 3 heterocycles. The van der Waals surface area contributed by atoms with E-state index in [0.717, 1.165) is 64.7 Å². The number of hydrogen-bond donors (Lipinski definition) is 0. The number of likely N-dealkylation sites (tertiary alicyclic amines) is 1. The predicted molar refractivity (Wildman–Crippen MR) is 143 cm³/mol. The first-order valence-corrected chi connectivity index (χ1v) is 12.5. The van der Waals surface area contributed by atoms with Crippen molar-refractivity contribution >= 4 is 22.4 Å². The lowest BCUT2D eigenvalue weighted by Gasteiger charge is -2.28. The second-order valence-electron chi connectivity index (χ2n) is 9.43. The van der Waals surface area contributed by atoms with Gasteiger partial charge < -0.3 is 19.3 Å². The lowest BCUT2D eigenvalue weighted by Crippen LogP contribution is -2.30. The minimum atomic E-state index is 0.664. The summed E-state index contributed by atoms with van der Waals surface area (Å²) in [6.45, 7) is 5.47. The van der Waals surface area contributed by atoms with Gasteiger partial charge in [-0.1, -0.05) is 0 Å². The normalized spacial score (nSPS) is 15.9. The van der Waals surface area contributed by atoms with Gasteiger partial charge in [0.1, 0.15) is 11.5 Å². The number of rotatable bonds is 9. The standard InChI is InChI=1S/C28H34N6O2/c1-20-7-5-10-33(20)11-6-12-34(23-13-24(35-3)16-25(14-23)36-4)22-8-9-26-27(15-22)31-28(18-29-26)21-17-30-32(2)19-21/h8-9,13-20H,5-7,10-12H2,1-4H3. The number of aromatic nitrogens is 4. The maximum Gasteiger partial charge on any atom is 0.124 e. The minimum absolute atomic E-state index is 0.664. The fourth-order valence-corrected chi connectivity index (χ4v) is 4.97. The summed E-state index contributed by atoms with van der Waals surface area (Å²) in [4.78, 5) is 14.5. The molecular formula is C28H34N6O2. The number of anilines is 2. The highest BCUT2D eigenvalue weighted by atomic mass is 16.5. The quantitative estimate of drug-likeness (QED) is 0.328. The van der Waals surface area contributed by atoms with Crippen molar-refractivity contribution in [3.8, 4) is 22.8 Å². The zero-order chi connectivity index (χ0) is 25.1. The molecule has 1 saturated heterocycles. The smallest absolute Gasteiger partial charge is 0.124 e. The Kier molecular flexibility index (Phi) is 7.04. The van der Waals surface area contributed by atoms with E-state index in [1.807, 2.05) is 31.6 Å². The van der Waals surface area contributed by atoms with Crippen LogP contribution in [0.15, 0.2) is 55.0 Å². The van der Waals surface area contributed by atoms with E-state index in [-0.39, 0.29) is 0 Å². The van der Waals surface area contributed by atoms with Gasteiger partial charge in [-0.3, -0.25) is 9.67 Å². The third-order valence-corrected chi connectivity index (χ3v) is 7.00. The van der Waals surface area contributed by atoms with E-state index in [9.17, 15) is 0 Å². The number of fused-ring (bicyclic) bond motifs is 1. The Labute approximate surface area is 212 Å². The third-order valence-electron chi connectivity index (χ3n) is 7.00. The van der Waals surface area contributed by atoms with Crippen LogP contribution in [0.25, 0.3) is 22.3 Å². The lowest BCUT2D eigenvalue weighted by atomic mass is 10.1. The first-order valence-electron chi connectivity index (χ1n) is 12.5. The molecule has 0 amide bonds. The van der Waals surface area contributed by atoms with Crippen LogP contribution in [-0.2, 0) is 7.05 Å². The van der Waals surface area contributed by atoms with E-state index in [0.29, 0.717) is 6.04 Å². The van der Waals surface area contributed by atoms with Crippen molar-refractivity contribution in [1.29, 1.82) is 0 Å². The highest BCUT2D eigenvalue weighted by molar-refractivity contribution is 5.82. The fraction of sp³-hybridized carbons (Fsp3) is 0.393. The van der Waals surface area contributed by atoms with Gasteiger partial charge in [-0.15, -0.1) is 0 Å². The zero-order valence-corrected chi connectivity index (χ0v) is 21.5. The van der Waals surface area contributed by atoms with Gasteiger partial charge in [-0.05, 0) is 50.9 Å². The summed E-state index contributed by atoms with van der Waals surface area (Å²) in [5.41, 5.74) is 5.56.